The van der Waals surface area contributed by atoms with Gasteiger partial charge in [-0.15, -0.1) is 0 Å². The molecule has 2 heterocycles. The normalized spacial score (nSPS) is 30.9. The molecule has 3 fully saturated rings. The Bertz CT molecular complexity index is 898. The smallest absolute Gasteiger partial charge is 0.287 e. The summed E-state index contributed by atoms with van der Waals surface area (Å²) in [6, 6.07) is 7.21. The molecule has 5 rings (SSSR count). The third kappa shape index (κ3) is 2.47. The molecule has 2 aliphatic carbocycles. The number of aromatic amines is 1. The molecular formula is C20H23N3O3. The number of hydrogen-bond acceptors (Lipinski definition) is 4. The monoisotopic (exact) mass is 353 g/mol. The minimum Gasteiger partial charge on any atom is -0.377 e. The van der Waals surface area contributed by atoms with Gasteiger partial charge < -0.3 is 15.0 Å². The number of para-hydroxylation sites is 1. The Morgan fingerprint density at radius 2 is 2.00 bits per heavy atom. The molecule has 2 N–H and O–H groups in total. The second-order valence-corrected chi connectivity index (χ2v) is 7.84. The van der Waals surface area contributed by atoms with Gasteiger partial charge in [0.1, 0.15) is 0 Å². The number of amides is 1. The van der Waals surface area contributed by atoms with Crippen LogP contribution >= 0.6 is 0 Å². The molecule has 0 bridgehead atoms. The van der Waals surface area contributed by atoms with Gasteiger partial charge in [-0.05, 0) is 24.5 Å². The summed E-state index contributed by atoms with van der Waals surface area (Å²) in [5, 5.41) is 3.67. The summed E-state index contributed by atoms with van der Waals surface area (Å²) < 4.78 is 5.95. The number of nitrogens with zero attached hydrogens (tertiary/aromatic N) is 1. The van der Waals surface area contributed by atoms with Crippen molar-refractivity contribution >= 4 is 16.8 Å². The zero-order valence-corrected chi connectivity index (χ0v) is 14.6. The maximum absolute atomic E-state index is 12.8. The fourth-order valence-electron chi connectivity index (χ4n) is 5.27. The highest BCUT2D eigenvalue weighted by molar-refractivity contribution is 5.92. The number of aromatic nitrogens is 2. The van der Waals surface area contributed by atoms with Crippen LogP contribution in [-0.4, -0.2) is 34.6 Å². The lowest BCUT2D eigenvalue weighted by molar-refractivity contribution is -0.0785. The molecule has 26 heavy (non-hydrogen) atoms. The maximum Gasteiger partial charge on any atom is 0.287 e. The SMILES string of the molecule is O=C(N[C@@H]1[C@@H]2CCO[C@@H]2[C@@H]1C1CCCC1)c1nc2ccccc2c(=O)[nH]1. The summed E-state index contributed by atoms with van der Waals surface area (Å²) in [7, 11) is 0. The second-order valence-electron chi connectivity index (χ2n) is 7.84. The fourth-order valence-corrected chi connectivity index (χ4v) is 5.27. The van der Waals surface area contributed by atoms with Crippen molar-refractivity contribution in [3.05, 3.63) is 40.4 Å². The molecule has 4 atom stereocenters. The molecule has 0 radical (unpaired) electrons. The standard InChI is InChI=1S/C20H23N3O3/c24-19-12-7-3-4-8-14(12)21-18(23-19)20(25)22-16-13-9-10-26-17(13)15(16)11-5-1-2-6-11/h3-4,7-8,11,13,15-17H,1-2,5-6,9-10H2,(H,22,25)(H,21,23,24)/t13-,15+,16+,17-/m0/s1. The molecule has 1 amide bonds. The van der Waals surface area contributed by atoms with E-state index in [1.807, 2.05) is 6.07 Å². The lowest BCUT2D eigenvalue weighted by Gasteiger charge is -2.50. The van der Waals surface area contributed by atoms with Gasteiger partial charge in [0.05, 0.1) is 17.0 Å². The van der Waals surface area contributed by atoms with E-state index < -0.39 is 0 Å². The Kier molecular flexibility index (Phi) is 3.81. The van der Waals surface area contributed by atoms with E-state index in [-0.39, 0.29) is 23.3 Å². The van der Waals surface area contributed by atoms with E-state index in [1.54, 1.807) is 18.2 Å². The molecule has 136 valence electrons. The minimum absolute atomic E-state index is 0.0984. The number of fused-ring (bicyclic) bond motifs is 2. The molecule has 2 aromatic rings. The van der Waals surface area contributed by atoms with Crippen molar-refractivity contribution < 1.29 is 9.53 Å². The van der Waals surface area contributed by atoms with Crippen LogP contribution in [0.4, 0.5) is 0 Å². The van der Waals surface area contributed by atoms with Crippen molar-refractivity contribution in [3.63, 3.8) is 0 Å². The van der Waals surface area contributed by atoms with E-state index in [4.69, 9.17) is 4.74 Å². The fraction of sp³-hybridized carbons (Fsp3) is 0.550. The Hall–Kier alpha value is -2.21. The van der Waals surface area contributed by atoms with Gasteiger partial charge in [-0.25, -0.2) is 4.98 Å². The summed E-state index contributed by atoms with van der Waals surface area (Å²) in [4.78, 5) is 32.0. The van der Waals surface area contributed by atoms with Crippen LogP contribution in [0.2, 0.25) is 0 Å². The molecule has 0 spiro atoms. The second kappa shape index (κ2) is 6.20. The number of rotatable bonds is 3. The minimum atomic E-state index is -0.286. The van der Waals surface area contributed by atoms with Crippen molar-refractivity contribution in [1.82, 2.24) is 15.3 Å². The molecule has 1 saturated heterocycles. The van der Waals surface area contributed by atoms with Crippen LogP contribution in [0.15, 0.2) is 29.1 Å². The van der Waals surface area contributed by atoms with E-state index in [0.29, 0.717) is 34.8 Å². The first-order chi connectivity index (χ1) is 12.7. The van der Waals surface area contributed by atoms with E-state index in [9.17, 15) is 9.59 Å². The van der Waals surface area contributed by atoms with Gasteiger partial charge in [-0.1, -0.05) is 37.8 Å². The third-order valence-electron chi connectivity index (χ3n) is 6.51. The van der Waals surface area contributed by atoms with Crippen LogP contribution in [0, 0.1) is 17.8 Å². The van der Waals surface area contributed by atoms with Gasteiger partial charge in [-0.2, -0.15) is 0 Å². The first-order valence-corrected chi connectivity index (χ1v) is 9.64. The van der Waals surface area contributed by atoms with Crippen LogP contribution in [0.1, 0.15) is 42.7 Å². The molecular weight excluding hydrogens is 330 g/mol. The maximum atomic E-state index is 12.8. The molecule has 6 heteroatoms. The van der Waals surface area contributed by atoms with E-state index in [2.05, 4.69) is 15.3 Å². The molecule has 0 unspecified atom stereocenters. The van der Waals surface area contributed by atoms with Crippen LogP contribution in [0.25, 0.3) is 10.9 Å². The van der Waals surface area contributed by atoms with Gasteiger partial charge >= 0.3 is 0 Å². The first-order valence-electron chi connectivity index (χ1n) is 9.64. The van der Waals surface area contributed by atoms with Crippen LogP contribution in [-0.2, 0) is 4.74 Å². The topological polar surface area (TPSA) is 84.1 Å². The van der Waals surface area contributed by atoms with Crippen LogP contribution < -0.4 is 10.9 Å². The molecule has 3 aliphatic rings. The van der Waals surface area contributed by atoms with Crippen molar-refractivity contribution in [2.45, 2.75) is 44.2 Å². The van der Waals surface area contributed by atoms with Gasteiger partial charge in [0, 0.05) is 24.5 Å². The number of H-pyrrole nitrogens is 1. The van der Waals surface area contributed by atoms with Crippen molar-refractivity contribution in [2.24, 2.45) is 17.8 Å². The van der Waals surface area contributed by atoms with E-state index >= 15 is 0 Å². The lowest BCUT2D eigenvalue weighted by atomic mass is 9.61. The van der Waals surface area contributed by atoms with Crippen molar-refractivity contribution in [3.8, 4) is 0 Å². The Morgan fingerprint density at radius 1 is 1.19 bits per heavy atom. The summed E-state index contributed by atoms with van der Waals surface area (Å²) >= 11 is 0. The number of carbonyl (C=O) groups is 1. The lowest BCUT2D eigenvalue weighted by Crippen LogP contribution is -2.63. The van der Waals surface area contributed by atoms with E-state index in [1.165, 1.54) is 25.7 Å². The van der Waals surface area contributed by atoms with Crippen LogP contribution in [0.3, 0.4) is 0 Å². The highest BCUT2D eigenvalue weighted by Gasteiger charge is 2.57. The number of carbonyl (C=O) groups excluding carboxylic acids is 1. The average molecular weight is 353 g/mol. The van der Waals surface area contributed by atoms with Crippen LogP contribution in [0.5, 0.6) is 0 Å². The number of benzene rings is 1. The third-order valence-corrected chi connectivity index (χ3v) is 6.51. The number of ether oxygens (including phenoxy) is 1. The Labute approximate surface area is 151 Å². The van der Waals surface area contributed by atoms with E-state index in [0.717, 1.165) is 13.0 Å². The molecule has 1 aromatic carbocycles. The summed E-state index contributed by atoms with van der Waals surface area (Å²) in [5.41, 5.74) is 0.271. The highest BCUT2D eigenvalue weighted by atomic mass is 16.5. The Balaban J connectivity index is 1.40. The highest BCUT2D eigenvalue weighted by Crippen LogP contribution is 2.51. The predicted molar refractivity (Wildman–Crippen MR) is 96.9 cm³/mol. The van der Waals surface area contributed by atoms with Gasteiger partial charge in [0.25, 0.3) is 11.5 Å². The Morgan fingerprint density at radius 3 is 2.85 bits per heavy atom. The van der Waals surface area contributed by atoms with Gasteiger partial charge in [0.2, 0.25) is 0 Å². The largest absolute Gasteiger partial charge is 0.377 e. The van der Waals surface area contributed by atoms with Crippen molar-refractivity contribution in [1.29, 1.82) is 0 Å². The quantitative estimate of drug-likeness (QED) is 0.886. The number of nitrogens with one attached hydrogen (secondary N) is 2. The predicted octanol–water partition coefficient (Wildman–Crippen LogP) is 2.25. The van der Waals surface area contributed by atoms with Crippen molar-refractivity contribution in [2.75, 3.05) is 6.61 Å². The van der Waals surface area contributed by atoms with Gasteiger partial charge in [-0.3, -0.25) is 9.59 Å². The molecule has 2 saturated carbocycles. The first kappa shape index (κ1) is 16.0. The molecule has 6 nitrogen and oxygen atoms in total. The zero-order valence-electron chi connectivity index (χ0n) is 14.6. The summed E-state index contributed by atoms with van der Waals surface area (Å²) in [6.45, 7) is 0.788. The van der Waals surface area contributed by atoms with Gasteiger partial charge in [0.15, 0.2) is 5.82 Å². The summed E-state index contributed by atoms with van der Waals surface area (Å²) in [5.74, 6) is 1.26. The molecule has 1 aliphatic heterocycles. The number of hydrogen-bond donors (Lipinski definition) is 2. The summed E-state index contributed by atoms with van der Waals surface area (Å²) in [6.07, 6.45) is 6.31. The zero-order chi connectivity index (χ0) is 17.7. The average Bonchev–Trinajstić information content (AvgIpc) is 3.30. The molecule has 1 aromatic heterocycles.